The minimum absolute atomic E-state index is 0.209. The lowest BCUT2D eigenvalue weighted by atomic mass is 9.82. The summed E-state index contributed by atoms with van der Waals surface area (Å²) in [6.45, 7) is 1.50. The molecule has 2 heterocycles. The second-order valence-corrected chi connectivity index (χ2v) is 8.76. The molecule has 3 atom stereocenters. The molecule has 9 heteroatoms. The summed E-state index contributed by atoms with van der Waals surface area (Å²) in [6.07, 6.45) is 1.52. The maximum absolute atomic E-state index is 15.3. The van der Waals surface area contributed by atoms with Gasteiger partial charge in [-0.25, -0.2) is 8.78 Å². The Morgan fingerprint density at radius 3 is 2.30 bits per heavy atom. The number of hydrogen-bond donors (Lipinski definition) is 2. The van der Waals surface area contributed by atoms with E-state index in [1.165, 1.54) is 19.1 Å². The number of piperidine rings is 2. The number of alkyl halides is 2. The number of carbonyl (C=O) groups is 2. The first-order chi connectivity index (χ1) is 15.6. The van der Waals surface area contributed by atoms with Crippen LogP contribution in [0, 0.1) is 18.6 Å². The molecule has 2 bridgehead atoms. The quantitative estimate of drug-likeness (QED) is 0.654. The number of aliphatic hydroxyl groups excluding tert-OH is 1. The Morgan fingerprint density at radius 2 is 1.67 bits per heavy atom. The zero-order valence-electron chi connectivity index (χ0n) is 18.0. The van der Waals surface area contributed by atoms with Gasteiger partial charge in [0, 0.05) is 23.3 Å². The van der Waals surface area contributed by atoms with Crippen molar-refractivity contribution in [1.29, 1.82) is 0 Å². The van der Waals surface area contributed by atoms with Gasteiger partial charge >= 0.3 is 5.92 Å². The number of carbonyl (C=O) groups excluding carboxylic acids is 2. The summed E-state index contributed by atoms with van der Waals surface area (Å²) >= 11 is 0. The molecule has 2 aromatic carbocycles. The van der Waals surface area contributed by atoms with Crippen molar-refractivity contribution in [1.82, 2.24) is 4.90 Å². The van der Waals surface area contributed by atoms with Gasteiger partial charge in [-0.1, -0.05) is 0 Å². The van der Waals surface area contributed by atoms with Gasteiger partial charge in [-0.15, -0.1) is 0 Å². The van der Waals surface area contributed by atoms with Crippen LogP contribution in [0.25, 0.3) is 0 Å². The molecule has 5 nitrogen and oxygen atoms in total. The normalized spacial score (nSPS) is 22.7. The Balaban J connectivity index is 1.60. The largest absolute Gasteiger partial charge is 0.393 e. The number of hydrogen-bond acceptors (Lipinski definition) is 3. The number of halogens is 4. The third kappa shape index (κ3) is 4.46. The first-order valence-electron chi connectivity index (χ1n) is 10.8. The minimum atomic E-state index is -4.19. The lowest BCUT2D eigenvalue weighted by Crippen LogP contribution is -2.59. The number of aliphatic hydroxyl groups is 1. The molecule has 0 radical (unpaired) electrons. The van der Waals surface area contributed by atoms with Crippen LogP contribution in [-0.4, -0.2) is 40.0 Å². The molecule has 4 rings (SSSR count). The Morgan fingerprint density at radius 1 is 1.03 bits per heavy atom. The van der Waals surface area contributed by atoms with Gasteiger partial charge in [0.05, 0.1) is 11.7 Å². The summed E-state index contributed by atoms with van der Waals surface area (Å²) in [7, 11) is 0. The average Bonchev–Trinajstić information content (AvgIpc) is 2.75. The molecule has 0 saturated carbocycles. The highest BCUT2D eigenvalue weighted by Crippen LogP contribution is 2.40. The zero-order chi connectivity index (χ0) is 23.9. The predicted molar refractivity (Wildman–Crippen MR) is 113 cm³/mol. The van der Waals surface area contributed by atoms with Crippen molar-refractivity contribution in [3.05, 3.63) is 64.7 Å². The minimum Gasteiger partial charge on any atom is -0.393 e. The number of rotatable bonds is 4. The molecule has 2 saturated heterocycles. The fourth-order valence-corrected chi connectivity index (χ4v) is 4.79. The van der Waals surface area contributed by atoms with Gasteiger partial charge in [0.25, 0.3) is 11.8 Å². The van der Waals surface area contributed by atoms with Gasteiger partial charge in [0.2, 0.25) is 0 Å². The summed E-state index contributed by atoms with van der Waals surface area (Å²) < 4.78 is 58.5. The van der Waals surface area contributed by atoms with Gasteiger partial charge in [-0.05, 0) is 81.0 Å². The second kappa shape index (κ2) is 8.78. The van der Waals surface area contributed by atoms with Crippen molar-refractivity contribution in [2.75, 3.05) is 5.32 Å². The van der Waals surface area contributed by atoms with E-state index in [1.54, 1.807) is 0 Å². The van der Waals surface area contributed by atoms with Gasteiger partial charge in [-0.3, -0.25) is 9.59 Å². The highest BCUT2D eigenvalue weighted by atomic mass is 19.3. The number of benzene rings is 2. The van der Waals surface area contributed by atoms with Crippen LogP contribution < -0.4 is 5.32 Å². The van der Waals surface area contributed by atoms with Crippen LogP contribution in [-0.2, 0) is 10.7 Å². The molecule has 0 aromatic heterocycles. The maximum atomic E-state index is 15.3. The van der Waals surface area contributed by atoms with Gasteiger partial charge < -0.3 is 15.3 Å². The third-order valence-electron chi connectivity index (χ3n) is 6.44. The van der Waals surface area contributed by atoms with E-state index in [-0.39, 0.29) is 29.7 Å². The standard InChI is InChI=1S/C24H24F4N2O3/c1-13-9-15(6-8-20(13)25)29-22(32)14-5-7-21(26)19(10-14)24(27,28)23(33)30-16-3-2-4-17(30)12-18(31)11-16/h5-10,16-18,31H,2-4,11-12H2,1H3,(H,29,32)/t16-,17+,18+. The summed E-state index contributed by atoms with van der Waals surface area (Å²) in [6, 6.07) is 5.22. The van der Waals surface area contributed by atoms with Crippen molar-refractivity contribution < 1.29 is 32.3 Å². The lowest BCUT2D eigenvalue weighted by Gasteiger charge is -2.48. The van der Waals surface area contributed by atoms with Crippen LogP contribution in [0.4, 0.5) is 23.2 Å². The van der Waals surface area contributed by atoms with Crippen molar-refractivity contribution in [3.8, 4) is 0 Å². The van der Waals surface area contributed by atoms with E-state index >= 15 is 8.78 Å². The highest BCUT2D eigenvalue weighted by Gasteiger charge is 2.52. The number of aryl methyl sites for hydroxylation is 1. The maximum Gasteiger partial charge on any atom is 0.352 e. The SMILES string of the molecule is Cc1cc(NC(=O)c2ccc(F)c(C(F)(F)C(=O)N3[C@@H]4CCC[C@H]3C[C@@H](O)C4)c2)ccc1F. The molecule has 0 aliphatic carbocycles. The number of amides is 2. The predicted octanol–water partition coefficient (Wildman–Crippen LogP) is 4.52. The molecule has 2 amide bonds. The van der Waals surface area contributed by atoms with Crippen molar-refractivity contribution in [2.45, 2.75) is 63.1 Å². The molecule has 176 valence electrons. The molecule has 2 N–H and O–H groups in total. The fourth-order valence-electron chi connectivity index (χ4n) is 4.79. The summed E-state index contributed by atoms with van der Waals surface area (Å²) in [5.41, 5.74) is -0.927. The van der Waals surface area contributed by atoms with E-state index in [4.69, 9.17) is 0 Å². The number of fused-ring (bicyclic) bond motifs is 2. The Kier molecular flexibility index (Phi) is 6.18. The van der Waals surface area contributed by atoms with Crippen molar-refractivity contribution >= 4 is 17.5 Å². The van der Waals surface area contributed by atoms with E-state index in [0.29, 0.717) is 18.9 Å². The first kappa shape index (κ1) is 23.2. The Bertz CT molecular complexity index is 1080. The summed E-state index contributed by atoms with van der Waals surface area (Å²) in [5, 5.41) is 12.4. The monoisotopic (exact) mass is 464 g/mol. The van der Waals surface area contributed by atoms with Crippen molar-refractivity contribution in [3.63, 3.8) is 0 Å². The molecule has 2 fully saturated rings. The first-order valence-corrected chi connectivity index (χ1v) is 10.8. The number of nitrogens with one attached hydrogen (secondary N) is 1. The molecule has 2 aliphatic rings. The average molecular weight is 464 g/mol. The molecule has 2 aromatic rings. The van der Waals surface area contributed by atoms with Crippen molar-refractivity contribution in [2.24, 2.45) is 0 Å². The Hall–Kier alpha value is -2.94. The van der Waals surface area contributed by atoms with E-state index < -0.39 is 53.1 Å². The molecule has 0 unspecified atom stereocenters. The topological polar surface area (TPSA) is 69.6 Å². The highest BCUT2D eigenvalue weighted by molar-refractivity contribution is 6.04. The fraction of sp³-hybridized carbons (Fsp3) is 0.417. The van der Waals surface area contributed by atoms with Gasteiger partial charge in [0.15, 0.2) is 0 Å². The number of anilines is 1. The van der Waals surface area contributed by atoms with E-state index in [1.807, 2.05) is 0 Å². The van der Waals surface area contributed by atoms with Crippen LogP contribution in [0.2, 0.25) is 0 Å². The summed E-state index contributed by atoms with van der Waals surface area (Å²) in [5.74, 6) is -8.28. The van der Waals surface area contributed by atoms with E-state index in [2.05, 4.69) is 5.32 Å². The van der Waals surface area contributed by atoms with Crippen LogP contribution in [0.5, 0.6) is 0 Å². The van der Waals surface area contributed by atoms with Crippen LogP contribution in [0.3, 0.4) is 0 Å². The van der Waals surface area contributed by atoms with E-state index in [0.717, 1.165) is 29.5 Å². The third-order valence-corrected chi connectivity index (χ3v) is 6.44. The summed E-state index contributed by atoms with van der Waals surface area (Å²) in [4.78, 5) is 26.6. The molecular weight excluding hydrogens is 440 g/mol. The van der Waals surface area contributed by atoms with Crippen LogP contribution >= 0.6 is 0 Å². The van der Waals surface area contributed by atoms with Crippen LogP contribution in [0.1, 0.15) is 53.6 Å². The Labute approximate surface area is 188 Å². The van der Waals surface area contributed by atoms with Gasteiger partial charge in [0.1, 0.15) is 11.6 Å². The second-order valence-electron chi connectivity index (χ2n) is 8.76. The smallest absolute Gasteiger partial charge is 0.352 e. The molecule has 33 heavy (non-hydrogen) atoms. The lowest BCUT2D eigenvalue weighted by molar-refractivity contribution is -0.172. The van der Waals surface area contributed by atoms with Gasteiger partial charge in [-0.2, -0.15) is 8.78 Å². The molecular formula is C24H24F4N2O3. The molecule has 0 spiro atoms. The van der Waals surface area contributed by atoms with Crippen LogP contribution in [0.15, 0.2) is 36.4 Å². The zero-order valence-corrected chi connectivity index (χ0v) is 18.0. The molecule has 2 aliphatic heterocycles. The van der Waals surface area contributed by atoms with E-state index in [9.17, 15) is 23.5 Å². The number of nitrogens with zero attached hydrogens (tertiary/aromatic N) is 1.